The van der Waals surface area contributed by atoms with E-state index in [0.29, 0.717) is 19.3 Å². The van der Waals surface area contributed by atoms with Crippen molar-refractivity contribution in [1.82, 2.24) is 5.32 Å². The highest BCUT2D eigenvalue weighted by Crippen LogP contribution is 2.36. The van der Waals surface area contributed by atoms with Crippen LogP contribution in [0.3, 0.4) is 0 Å². The molecule has 1 aliphatic heterocycles. The number of fused-ring (bicyclic) bond motifs is 2. The zero-order valence-electron chi connectivity index (χ0n) is 11.6. The van der Waals surface area contributed by atoms with Gasteiger partial charge >= 0.3 is 6.09 Å². The van der Waals surface area contributed by atoms with Crippen LogP contribution in [0.15, 0.2) is 12.2 Å². The van der Waals surface area contributed by atoms with Crippen molar-refractivity contribution in [2.24, 2.45) is 0 Å². The molecule has 0 spiro atoms. The molecule has 1 saturated heterocycles. The van der Waals surface area contributed by atoms with Crippen LogP contribution >= 0.6 is 0 Å². The van der Waals surface area contributed by atoms with E-state index in [0.717, 1.165) is 0 Å². The topological polar surface area (TPSA) is 71.3 Å². The number of nitrogens with one attached hydrogen (secondary N) is 1. The number of carbonyl (C=O) groups excluding carboxylic acids is 1. The van der Waals surface area contributed by atoms with Crippen LogP contribution in [-0.4, -0.2) is 29.4 Å². The first-order chi connectivity index (χ1) is 8.82. The summed E-state index contributed by atoms with van der Waals surface area (Å²) in [5.41, 5.74) is -0.940. The third-order valence-electron chi connectivity index (χ3n) is 3.28. The summed E-state index contributed by atoms with van der Waals surface area (Å²) in [6.45, 7) is 5.49. The Balaban J connectivity index is 2.07. The first-order valence-electron chi connectivity index (χ1n) is 6.55. The summed E-state index contributed by atoms with van der Waals surface area (Å²) in [5, 5.41) is 12.0. The summed E-state index contributed by atoms with van der Waals surface area (Å²) in [6, 6.07) is 2.13. The molecule has 0 unspecified atom stereocenters. The minimum atomic E-state index is -0.523. The van der Waals surface area contributed by atoms with Crippen LogP contribution in [0, 0.1) is 11.3 Å². The molecule has 3 atom stereocenters. The number of amides is 1. The fourth-order valence-electron chi connectivity index (χ4n) is 2.61. The number of ether oxygens (including phenoxy) is 2. The molecule has 1 N–H and O–H groups in total. The maximum Gasteiger partial charge on any atom is 0.408 e. The van der Waals surface area contributed by atoms with Crippen molar-refractivity contribution in [3.05, 3.63) is 12.2 Å². The maximum absolute atomic E-state index is 11.9. The molecule has 19 heavy (non-hydrogen) atoms. The Morgan fingerprint density at radius 1 is 1.53 bits per heavy atom. The lowest BCUT2D eigenvalue weighted by atomic mass is 9.78. The van der Waals surface area contributed by atoms with Crippen molar-refractivity contribution in [1.29, 1.82) is 5.26 Å². The number of nitriles is 1. The van der Waals surface area contributed by atoms with Crippen molar-refractivity contribution in [3.8, 4) is 6.07 Å². The van der Waals surface area contributed by atoms with Crippen molar-refractivity contribution in [2.45, 2.75) is 63.4 Å². The Morgan fingerprint density at radius 3 is 2.89 bits per heavy atom. The van der Waals surface area contributed by atoms with E-state index in [1.54, 1.807) is 0 Å². The second kappa shape index (κ2) is 4.86. The standard InChI is InChI=1S/C14H20N2O3/c1-13(2,3)19-12(17)16-14-6-4-5-10(7-14)18-11(8-14)9-15/h4-5,10-11H,6-8H2,1-3H3,(H,16,17)/t10-,11-,14-/m0/s1. The normalized spacial score (nSPS) is 33.4. The summed E-state index contributed by atoms with van der Waals surface area (Å²) < 4.78 is 10.9. The van der Waals surface area contributed by atoms with Gasteiger partial charge in [0.25, 0.3) is 0 Å². The van der Waals surface area contributed by atoms with Crippen molar-refractivity contribution in [2.75, 3.05) is 0 Å². The van der Waals surface area contributed by atoms with Crippen molar-refractivity contribution >= 4 is 6.09 Å². The Bertz CT molecular complexity index is 433. The van der Waals surface area contributed by atoms with Crippen LogP contribution in [0.1, 0.15) is 40.0 Å². The van der Waals surface area contributed by atoms with Gasteiger partial charge in [-0.1, -0.05) is 12.2 Å². The lowest BCUT2D eigenvalue weighted by molar-refractivity contribution is -0.0458. The molecule has 0 aromatic rings. The van der Waals surface area contributed by atoms with Gasteiger partial charge in [-0.15, -0.1) is 0 Å². The van der Waals surface area contributed by atoms with E-state index in [1.807, 2.05) is 32.9 Å². The quantitative estimate of drug-likeness (QED) is 0.737. The predicted octanol–water partition coefficient (Wildman–Crippen LogP) is 2.28. The number of hydrogen-bond donors (Lipinski definition) is 1. The van der Waals surface area contributed by atoms with E-state index in [2.05, 4.69) is 11.4 Å². The monoisotopic (exact) mass is 264 g/mol. The van der Waals surface area contributed by atoms with Crippen molar-refractivity contribution in [3.63, 3.8) is 0 Å². The van der Waals surface area contributed by atoms with Crippen LogP contribution in [0.2, 0.25) is 0 Å². The Hall–Kier alpha value is -1.54. The molecule has 0 saturated carbocycles. The number of rotatable bonds is 1. The summed E-state index contributed by atoms with van der Waals surface area (Å²) >= 11 is 0. The van der Waals surface area contributed by atoms with E-state index >= 15 is 0 Å². The van der Waals surface area contributed by atoms with Crippen LogP contribution in [0.5, 0.6) is 0 Å². The first-order valence-corrected chi connectivity index (χ1v) is 6.55. The van der Waals surface area contributed by atoms with E-state index in [9.17, 15) is 4.79 Å². The summed E-state index contributed by atoms with van der Waals surface area (Å²) in [5.74, 6) is 0. The lowest BCUT2D eigenvalue weighted by Gasteiger charge is -2.44. The fraction of sp³-hybridized carbons (Fsp3) is 0.714. The Labute approximate surface area is 113 Å². The van der Waals surface area contributed by atoms with Crippen LogP contribution < -0.4 is 5.32 Å². The Kier molecular flexibility index (Phi) is 3.55. The molecule has 104 valence electrons. The molecule has 0 radical (unpaired) electrons. The van der Waals surface area contributed by atoms with E-state index < -0.39 is 23.3 Å². The molecule has 5 nitrogen and oxygen atoms in total. The second-order valence-corrected chi connectivity index (χ2v) is 6.24. The molecule has 2 aliphatic rings. The highest BCUT2D eigenvalue weighted by molar-refractivity contribution is 5.69. The molecular formula is C14H20N2O3. The van der Waals surface area contributed by atoms with Gasteiger partial charge in [-0.05, 0) is 27.2 Å². The molecule has 1 fully saturated rings. The zero-order chi connectivity index (χ0) is 14.1. The second-order valence-electron chi connectivity index (χ2n) is 6.24. The van der Waals surface area contributed by atoms with E-state index in [4.69, 9.17) is 14.7 Å². The smallest absolute Gasteiger partial charge is 0.408 e. The van der Waals surface area contributed by atoms with Crippen LogP contribution in [0.25, 0.3) is 0 Å². The average Bonchev–Trinajstić information content (AvgIpc) is 2.24. The molecular weight excluding hydrogens is 244 g/mol. The molecule has 2 rings (SSSR count). The summed E-state index contributed by atoms with van der Waals surface area (Å²) in [7, 11) is 0. The molecule has 0 aromatic heterocycles. The maximum atomic E-state index is 11.9. The molecule has 5 heteroatoms. The summed E-state index contributed by atoms with van der Waals surface area (Å²) in [4.78, 5) is 11.9. The van der Waals surface area contributed by atoms with Gasteiger partial charge in [-0.25, -0.2) is 4.79 Å². The van der Waals surface area contributed by atoms with Gasteiger partial charge in [-0.2, -0.15) is 5.26 Å². The minimum absolute atomic E-state index is 0.0953. The number of nitrogens with zero attached hydrogens (tertiary/aromatic N) is 1. The van der Waals surface area contributed by atoms with Crippen LogP contribution in [0.4, 0.5) is 4.79 Å². The number of alkyl carbamates (subject to hydrolysis) is 1. The summed E-state index contributed by atoms with van der Waals surface area (Å²) in [6.07, 6.45) is 4.87. The first kappa shape index (κ1) is 13.9. The molecule has 2 bridgehead atoms. The van der Waals surface area contributed by atoms with Gasteiger partial charge in [0.15, 0.2) is 0 Å². The minimum Gasteiger partial charge on any atom is -0.444 e. The van der Waals surface area contributed by atoms with Gasteiger partial charge < -0.3 is 14.8 Å². The highest BCUT2D eigenvalue weighted by atomic mass is 16.6. The number of hydrogen-bond acceptors (Lipinski definition) is 4. The van der Waals surface area contributed by atoms with Gasteiger partial charge in [0.1, 0.15) is 11.7 Å². The third kappa shape index (κ3) is 3.48. The van der Waals surface area contributed by atoms with E-state index in [1.165, 1.54) is 0 Å². The molecule has 1 heterocycles. The Morgan fingerprint density at radius 2 is 2.26 bits per heavy atom. The lowest BCUT2D eigenvalue weighted by Crippen LogP contribution is -2.57. The largest absolute Gasteiger partial charge is 0.444 e. The fourth-order valence-corrected chi connectivity index (χ4v) is 2.61. The van der Waals surface area contributed by atoms with Gasteiger partial charge in [0.05, 0.1) is 17.7 Å². The SMILES string of the molecule is CC(C)(C)OC(=O)N[C@@]12CC=C[C@@H](C1)O[C@H](C#N)C2. The predicted molar refractivity (Wildman–Crippen MR) is 69.4 cm³/mol. The third-order valence-corrected chi connectivity index (χ3v) is 3.28. The number of carbonyl (C=O) groups is 1. The molecule has 1 amide bonds. The molecule has 0 aromatic carbocycles. The highest BCUT2D eigenvalue weighted by Gasteiger charge is 2.43. The van der Waals surface area contributed by atoms with Gasteiger partial charge in [0.2, 0.25) is 0 Å². The zero-order valence-corrected chi connectivity index (χ0v) is 11.6. The van der Waals surface area contributed by atoms with Gasteiger partial charge in [-0.3, -0.25) is 0 Å². The van der Waals surface area contributed by atoms with Crippen molar-refractivity contribution < 1.29 is 14.3 Å². The van der Waals surface area contributed by atoms with Gasteiger partial charge in [0, 0.05) is 12.8 Å². The average molecular weight is 264 g/mol. The molecule has 1 aliphatic carbocycles. The van der Waals surface area contributed by atoms with E-state index in [-0.39, 0.29) is 6.10 Å². The van der Waals surface area contributed by atoms with Crippen LogP contribution in [-0.2, 0) is 9.47 Å².